The highest BCUT2D eigenvalue weighted by atomic mass is 31.2. The summed E-state index contributed by atoms with van der Waals surface area (Å²) >= 11 is 0. The zero-order valence-electron chi connectivity index (χ0n) is 44.7. The molecule has 0 aliphatic carbocycles. The van der Waals surface area contributed by atoms with Gasteiger partial charge < -0.3 is 19.8 Å². The average Bonchev–Trinajstić information content (AvgIpc) is 3.28. The van der Waals surface area contributed by atoms with E-state index in [1.54, 1.807) is 6.08 Å². The molecule has 3 atom stereocenters. The Balaban J connectivity index is 4.21. The van der Waals surface area contributed by atoms with Gasteiger partial charge in [-0.1, -0.05) is 269 Å². The molecule has 0 saturated heterocycles. The van der Waals surface area contributed by atoms with Crippen LogP contribution in [-0.2, 0) is 18.4 Å². The van der Waals surface area contributed by atoms with Gasteiger partial charge in [0, 0.05) is 6.42 Å². The molecule has 0 aromatic heterocycles. The van der Waals surface area contributed by atoms with Gasteiger partial charge in [0.15, 0.2) is 0 Å². The van der Waals surface area contributed by atoms with Gasteiger partial charge in [-0.2, -0.15) is 0 Å². The van der Waals surface area contributed by atoms with Crippen LogP contribution >= 0.6 is 7.82 Å². The Morgan fingerprint density at radius 1 is 0.500 bits per heavy atom. The Hall–Kier alpha value is -1.02. The van der Waals surface area contributed by atoms with Gasteiger partial charge in [-0.3, -0.25) is 13.8 Å². The van der Waals surface area contributed by atoms with Crippen molar-refractivity contribution in [1.82, 2.24) is 5.32 Å². The minimum atomic E-state index is -4.35. The quantitative estimate of drug-likeness (QED) is 0.0243. The Morgan fingerprint density at radius 2 is 0.833 bits per heavy atom. The summed E-state index contributed by atoms with van der Waals surface area (Å²) in [5, 5.41) is 13.9. The third-order valence-corrected chi connectivity index (χ3v) is 14.2. The van der Waals surface area contributed by atoms with Crippen molar-refractivity contribution in [2.24, 2.45) is 0 Å². The summed E-state index contributed by atoms with van der Waals surface area (Å²) in [6.45, 7) is 4.84. The standard InChI is InChI=1S/C57H113N2O6P/c1-6-8-10-12-14-16-18-20-22-24-25-26-27-28-29-30-31-32-33-35-36-38-40-42-44-46-48-50-56(60)55(54-65-66(62,63)64-53-52-59(3,4)5)58-57(61)51-49-47-45-43-41-39-37-34-23-21-19-17-15-13-11-9-7-2/h40,42,48,50,55-56,60H,6-39,41,43-47,49,51-54H2,1-5H3,(H-,58,61,62,63)/p+1/b42-40+,50-48+. The van der Waals surface area contributed by atoms with Gasteiger partial charge in [0.05, 0.1) is 39.9 Å². The number of amides is 1. The number of likely N-dealkylation sites (N-methyl/N-ethyl adjacent to an activating group) is 1. The fourth-order valence-electron chi connectivity index (χ4n) is 8.65. The second-order valence-corrected chi connectivity index (χ2v) is 22.5. The molecular weight excluding hydrogens is 840 g/mol. The molecule has 3 unspecified atom stereocenters. The molecule has 0 aromatic carbocycles. The van der Waals surface area contributed by atoms with Gasteiger partial charge >= 0.3 is 7.82 Å². The first-order valence-corrected chi connectivity index (χ1v) is 30.2. The third-order valence-electron chi connectivity index (χ3n) is 13.2. The summed E-state index contributed by atoms with van der Waals surface area (Å²) in [4.78, 5) is 23.3. The van der Waals surface area contributed by atoms with E-state index in [2.05, 4.69) is 31.3 Å². The summed E-state index contributed by atoms with van der Waals surface area (Å²) in [5.41, 5.74) is 0. The number of rotatable bonds is 53. The Bertz CT molecular complexity index is 1130. The molecular formula is C57H114N2O6P+. The van der Waals surface area contributed by atoms with Gasteiger partial charge in [0.1, 0.15) is 13.2 Å². The highest BCUT2D eigenvalue weighted by Gasteiger charge is 2.27. The van der Waals surface area contributed by atoms with Crippen LogP contribution in [0.2, 0.25) is 0 Å². The minimum Gasteiger partial charge on any atom is -0.387 e. The lowest BCUT2D eigenvalue weighted by Crippen LogP contribution is -2.45. The molecule has 0 saturated carbocycles. The summed E-state index contributed by atoms with van der Waals surface area (Å²) in [5.74, 6) is -0.182. The van der Waals surface area contributed by atoms with Crippen molar-refractivity contribution in [3.8, 4) is 0 Å². The van der Waals surface area contributed by atoms with E-state index >= 15 is 0 Å². The number of nitrogens with one attached hydrogen (secondary N) is 1. The van der Waals surface area contributed by atoms with Crippen LogP contribution in [0, 0.1) is 0 Å². The summed E-state index contributed by atoms with van der Waals surface area (Å²) < 4.78 is 23.7. The molecule has 0 aliphatic rings. The molecule has 8 nitrogen and oxygen atoms in total. The van der Waals surface area contributed by atoms with Crippen molar-refractivity contribution in [2.75, 3.05) is 40.9 Å². The van der Waals surface area contributed by atoms with Crippen LogP contribution in [-0.4, -0.2) is 73.4 Å². The smallest absolute Gasteiger partial charge is 0.387 e. The molecule has 66 heavy (non-hydrogen) atoms. The zero-order chi connectivity index (χ0) is 48.5. The number of allylic oxidation sites excluding steroid dienone is 3. The van der Waals surface area contributed by atoms with Gasteiger partial charge in [-0.05, 0) is 32.1 Å². The molecule has 0 heterocycles. The molecule has 0 bridgehead atoms. The SMILES string of the molecule is CCCCCCCCCCCCCCCCCCCCCCC/C=C/CC/C=C/C(O)C(COP(=O)(O)OCC[N+](C)(C)C)NC(=O)CCCCCCCCCCCCCCCCCCC. The second-order valence-electron chi connectivity index (χ2n) is 21.0. The summed E-state index contributed by atoms with van der Waals surface area (Å²) in [6.07, 6.45) is 61.4. The van der Waals surface area contributed by atoms with Crippen molar-refractivity contribution in [2.45, 2.75) is 296 Å². The highest BCUT2D eigenvalue weighted by Crippen LogP contribution is 2.43. The first-order chi connectivity index (χ1) is 32.0. The Kier molecular flexibility index (Phi) is 48.2. The first-order valence-electron chi connectivity index (χ1n) is 28.7. The number of phosphoric ester groups is 1. The van der Waals surface area contributed by atoms with Crippen LogP contribution in [0.1, 0.15) is 284 Å². The minimum absolute atomic E-state index is 0.0587. The van der Waals surface area contributed by atoms with Crippen molar-refractivity contribution < 1.29 is 32.9 Å². The number of aliphatic hydroxyl groups is 1. The summed E-state index contributed by atoms with van der Waals surface area (Å²) in [6, 6.07) is -0.860. The Morgan fingerprint density at radius 3 is 1.21 bits per heavy atom. The predicted molar refractivity (Wildman–Crippen MR) is 286 cm³/mol. The number of aliphatic hydroxyl groups excluding tert-OH is 1. The maximum Gasteiger partial charge on any atom is 0.472 e. The maximum atomic E-state index is 12.9. The number of phosphoric acid groups is 1. The number of hydrogen-bond donors (Lipinski definition) is 3. The molecule has 1 amide bonds. The normalized spacial score (nSPS) is 14.1. The number of carbonyl (C=O) groups excluding carboxylic acids is 1. The lowest BCUT2D eigenvalue weighted by Gasteiger charge is -2.25. The number of nitrogens with zero attached hydrogens (tertiary/aromatic N) is 1. The molecule has 0 aliphatic heterocycles. The molecule has 392 valence electrons. The van der Waals surface area contributed by atoms with Crippen LogP contribution < -0.4 is 5.32 Å². The van der Waals surface area contributed by atoms with Crippen LogP contribution in [0.5, 0.6) is 0 Å². The van der Waals surface area contributed by atoms with Crippen molar-refractivity contribution in [1.29, 1.82) is 0 Å². The fourth-order valence-corrected chi connectivity index (χ4v) is 9.38. The highest BCUT2D eigenvalue weighted by molar-refractivity contribution is 7.47. The zero-order valence-corrected chi connectivity index (χ0v) is 45.6. The molecule has 0 fully saturated rings. The molecule has 0 rings (SSSR count). The molecule has 9 heteroatoms. The summed E-state index contributed by atoms with van der Waals surface area (Å²) in [7, 11) is 1.57. The van der Waals surface area contributed by atoms with E-state index in [9.17, 15) is 19.4 Å². The number of carbonyl (C=O) groups is 1. The lowest BCUT2D eigenvalue weighted by molar-refractivity contribution is -0.870. The van der Waals surface area contributed by atoms with E-state index in [-0.39, 0.29) is 19.1 Å². The van der Waals surface area contributed by atoms with E-state index < -0.39 is 20.0 Å². The van der Waals surface area contributed by atoms with Crippen molar-refractivity contribution in [3.05, 3.63) is 24.3 Å². The van der Waals surface area contributed by atoms with E-state index in [0.29, 0.717) is 17.4 Å². The fraction of sp³-hybridized carbons (Fsp3) is 0.912. The third kappa shape index (κ3) is 50.8. The molecule has 3 N–H and O–H groups in total. The van der Waals surface area contributed by atoms with Crippen molar-refractivity contribution in [3.63, 3.8) is 0 Å². The van der Waals surface area contributed by atoms with Crippen LogP contribution in [0.15, 0.2) is 24.3 Å². The number of unbranched alkanes of at least 4 members (excludes halogenated alkanes) is 38. The average molecular weight is 955 g/mol. The van der Waals surface area contributed by atoms with E-state index in [4.69, 9.17) is 9.05 Å². The number of hydrogen-bond acceptors (Lipinski definition) is 5. The number of quaternary nitrogens is 1. The molecule has 0 radical (unpaired) electrons. The van der Waals surface area contributed by atoms with Crippen LogP contribution in [0.3, 0.4) is 0 Å². The van der Waals surface area contributed by atoms with Crippen LogP contribution in [0.25, 0.3) is 0 Å². The first kappa shape index (κ1) is 65.0. The monoisotopic (exact) mass is 954 g/mol. The van der Waals surface area contributed by atoms with Gasteiger partial charge in [0.25, 0.3) is 0 Å². The van der Waals surface area contributed by atoms with Gasteiger partial charge in [-0.15, -0.1) is 0 Å². The largest absolute Gasteiger partial charge is 0.472 e. The van der Waals surface area contributed by atoms with Gasteiger partial charge in [-0.25, -0.2) is 4.57 Å². The topological polar surface area (TPSA) is 105 Å². The van der Waals surface area contributed by atoms with Crippen molar-refractivity contribution >= 4 is 13.7 Å². The molecule has 0 aromatic rings. The van der Waals surface area contributed by atoms with Gasteiger partial charge in [0.2, 0.25) is 5.91 Å². The van der Waals surface area contributed by atoms with E-state index in [0.717, 1.165) is 38.5 Å². The predicted octanol–water partition coefficient (Wildman–Crippen LogP) is 17.2. The van der Waals surface area contributed by atoms with E-state index in [1.807, 2.05) is 27.2 Å². The second kappa shape index (κ2) is 49.0. The van der Waals surface area contributed by atoms with E-state index in [1.165, 1.54) is 225 Å². The molecule has 0 spiro atoms. The van der Waals surface area contributed by atoms with Crippen LogP contribution in [0.4, 0.5) is 0 Å². The Labute approximate surface area is 411 Å². The maximum absolute atomic E-state index is 12.9. The lowest BCUT2D eigenvalue weighted by atomic mass is 10.0.